The van der Waals surface area contributed by atoms with Crippen molar-refractivity contribution in [2.24, 2.45) is 0 Å². The highest BCUT2D eigenvalue weighted by Gasteiger charge is 2.37. The van der Waals surface area contributed by atoms with Crippen molar-refractivity contribution in [2.75, 3.05) is 39.2 Å². The van der Waals surface area contributed by atoms with E-state index in [4.69, 9.17) is 14.2 Å². The van der Waals surface area contributed by atoms with Crippen molar-refractivity contribution in [3.63, 3.8) is 0 Å². The first-order chi connectivity index (χ1) is 15.9. The van der Waals surface area contributed by atoms with Gasteiger partial charge >= 0.3 is 5.97 Å². The molecule has 2 aromatic rings. The van der Waals surface area contributed by atoms with Crippen molar-refractivity contribution in [2.45, 2.75) is 12.5 Å². The van der Waals surface area contributed by atoms with E-state index in [2.05, 4.69) is 10.6 Å². The van der Waals surface area contributed by atoms with Crippen LogP contribution in [0.4, 0.5) is 5.69 Å². The number of nitrogens with zero attached hydrogens (tertiary/aromatic N) is 1. The van der Waals surface area contributed by atoms with Crippen LogP contribution in [0.2, 0.25) is 0 Å². The highest BCUT2D eigenvalue weighted by molar-refractivity contribution is 6.01. The van der Waals surface area contributed by atoms with Crippen LogP contribution in [0.5, 0.6) is 11.5 Å². The van der Waals surface area contributed by atoms with E-state index in [1.165, 1.54) is 19.1 Å². The van der Waals surface area contributed by atoms with Crippen molar-refractivity contribution in [1.82, 2.24) is 10.2 Å². The smallest absolute Gasteiger partial charge is 0.343 e. The van der Waals surface area contributed by atoms with Crippen LogP contribution in [0.15, 0.2) is 36.4 Å². The number of methoxy groups -OCH3 is 2. The highest BCUT2D eigenvalue weighted by Crippen LogP contribution is 2.43. The predicted octanol–water partition coefficient (Wildman–Crippen LogP) is 1.52. The quantitative estimate of drug-likeness (QED) is 0.636. The van der Waals surface area contributed by atoms with Gasteiger partial charge in [0, 0.05) is 29.9 Å². The van der Waals surface area contributed by atoms with Crippen LogP contribution in [0.25, 0.3) is 0 Å². The van der Waals surface area contributed by atoms with E-state index in [0.717, 1.165) is 0 Å². The number of anilines is 1. The number of carbonyl (C=O) groups excluding carboxylic acids is 4. The van der Waals surface area contributed by atoms with Crippen molar-refractivity contribution in [1.29, 1.82) is 0 Å². The number of hydrogen-bond donors (Lipinski definition) is 2. The van der Waals surface area contributed by atoms with E-state index in [1.807, 2.05) is 0 Å². The zero-order chi connectivity index (χ0) is 23.5. The summed E-state index contributed by atoms with van der Waals surface area (Å²) in [6.07, 6.45) is -0.886. The Morgan fingerprint density at radius 2 is 2.00 bits per heavy atom. The monoisotopic (exact) mass is 453 g/mol. The zero-order valence-electron chi connectivity index (χ0n) is 18.2. The van der Waals surface area contributed by atoms with Gasteiger partial charge < -0.3 is 29.7 Å². The number of hydrogen-bond acceptors (Lipinski definition) is 7. The minimum atomic E-state index is -0.774. The van der Waals surface area contributed by atoms with Gasteiger partial charge in [0.05, 0.1) is 27.2 Å². The number of ether oxygens (including phenoxy) is 3. The molecule has 1 saturated heterocycles. The van der Waals surface area contributed by atoms with Crippen LogP contribution in [0.3, 0.4) is 0 Å². The van der Waals surface area contributed by atoms with Gasteiger partial charge in [0.2, 0.25) is 11.8 Å². The first kappa shape index (κ1) is 22.1. The molecule has 3 amide bonds. The molecule has 2 aliphatic heterocycles. The van der Waals surface area contributed by atoms with Crippen molar-refractivity contribution < 1.29 is 33.4 Å². The summed E-state index contributed by atoms with van der Waals surface area (Å²) >= 11 is 0. The summed E-state index contributed by atoms with van der Waals surface area (Å²) in [6.45, 7) is 0.817. The SMILES string of the molecule is COc1ccc2c(c1OC)C(=O)O[C@H]2CC(=O)Nc1cccc(C(=O)N2CCNC(=O)C2)c1. The summed E-state index contributed by atoms with van der Waals surface area (Å²) in [5.74, 6) is -0.819. The molecule has 1 atom stereocenters. The van der Waals surface area contributed by atoms with Crippen LogP contribution in [0.1, 0.15) is 38.8 Å². The maximum absolute atomic E-state index is 12.7. The number of cyclic esters (lactones) is 1. The summed E-state index contributed by atoms with van der Waals surface area (Å²) in [7, 11) is 2.89. The minimum absolute atomic E-state index is 0.00384. The Morgan fingerprint density at radius 1 is 1.18 bits per heavy atom. The molecule has 0 spiro atoms. The molecule has 172 valence electrons. The number of amides is 3. The summed E-state index contributed by atoms with van der Waals surface area (Å²) in [5, 5.41) is 5.41. The van der Waals surface area contributed by atoms with Gasteiger partial charge in [0.15, 0.2) is 11.5 Å². The third kappa shape index (κ3) is 4.45. The number of fused-ring (bicyclic) bond motifs is 1. The number of piperazine rings is 1. The fourth-order valence-electron chi connectivity index (χ4n) is 3.93. The first-order valence-corrected chi connectivity index (χ1v) is 10.3. The Kier molecular flexibility index (Phi) is 6.16. The second-order valence-corrected chi connectivity index (χ2v) is 7.57. The van der Waals surface area contributed by atoms with E-state index in [9.17, 15) is 19.2 Å². The van der Waals surface area contributed by atoms with E-state index >= 15 is 0 Å². The van der Waals surface area contributed by atoms with Crippen LogP contribution in [0, 0.1) is 0 Å². The number of nitrogens with one attached hydrogen (secondary N) is 2. The molecule has 4 rings (SSSR count). The topological polar surface area (TPSA) is 123 Å². The molecule has 0 unspecified atom stereocenters. The first-order valence-electron chi connectivity index (χ1n) is 10.3. The van der Waals surface area contributed by atoms with Gasteiger partial charge in [-0.05, 0) is 24.3 Å². The van der Waals surface area contributed by atoms with Gasteiger partial charge in [-0.25, -0.2) is 4.79 Å². The largest absolute Gasteiger partial charge is 0.493 e. The van der Waals surface area contributed by atoms with Gasteiger partial charge in [-0.3, -0.25) is 14.4 Å². The molecule has 2 aliphatic rings. The lowest BCUT2D eigenvalue weighted by Gasteiger charge is -2.26. The molecule has 33 heavy (non-hydrogen) atoms. The molecule has 2 heterocycles. The summed E-state index contributed by atoms with van der Waals surface area (Å²) in [6, 6.07) is 9.80. The molecule has 0 aromatic heterocycles. The molecule has 0 radical (unpaired) electrons. The van der Waals surface area contributed by atoms with Crippen molar-refractivity contribution in [3.05, 3.63) is 53.1 Å². The number of rotatable bonds is 6. The molecule has 0 saturated carbocycles. The van der Waals surface area contributed by atoms with E-state index in [1.54, 1.807) is 36.4 Å². The normalized spacial score (nSPS) is 17.0. The van der Waals surface area contributed by atoms with Gasteiger partial charge in [0.25, 0.3) is 5.91 Å². The maximum atomic E-state index is 12.7. The van der Waals surface area contributed by atoms with Crippen molar-refractivity contribution in [3.8, 4) is 11.5 Å². The van der Waals surface area contributed by atoms with Crippen LogP contribution >= 0.6 is 0 Å². The predicted molar refractivity (Wildman–Crippen MR) is 116 cm³/mol. The molecule has 1 fully saturated rings. The van der Waals surface area contributed by atoms with Crippen molar-refractivity contribution >= 4 is 29.4 Å². The van der Waals surface area contributed by atoms with Crippen LogP contribution < -0.4 is 20.1 Å². The fourth-order valence-corrected chi connectivity index (χ4v) is 3.93. The Labute approximate surface area is 189 Å². The zero-order valence-corrected chi connectivity index (χ0v) is 18.2. The highest BCUT2D eigenvalue weighted by atomic mass is 16.6. The molecular weight excluding hydrogens is 430 g/mol. The fraction of sp³-hybridized carbons (Fsp3) is 0.304. The average molecular weight is 453 g/mol. The lowest BCUT2D eigenvalue weighted by molar-refractivity contribution is -0.123. The van der Waals surface area contributed by atoms with E-state index in [0.29, 0.717) is 35.7 Å². The standard InChI is InChI=1S/C23H23N3O7/c1-31-16-7-6-15-17(33-23(30)20(15)21(16)32-2)11-18(27)25-14-5-3-4-13(10-14)22(29)26-9-8-24-19(28)12-26/h3-7,10,17H,8-9,11-12H2,1-2H3,(H,24,28)(H,25,27)/t17-/m0/s1. The van der Waals surface area contributed by atoms with Gasteiger partial charge in [0.1, 0.15) is 11.7 Å². The Hall–Kier alpha value is -4.08. The molecule has 0 aliphatic carbocycles. The number of benzene rings is 2. The lowest BCUT2D eigenvalue weighted by atomic mass is 10.0. The Bertz CT molecular complexity index is 1130. The maximum Gasteiger partial charge on any atom is 0.343 e. The summed E-state index contributed by atoms with van der Waals surface area (Å²) < 4.78 is 15.9. The average Bonchev–Trinajstić information content (AvgIpc) is 3.13. The number of esters is 1. The third-order valence-corrected chi connectivity index (χ3v) is 5.47. The Balaban J connectivity index is 1.45. The molecule has 2 aromatic carbocycles. The number of carbonyl (C=O) groups is 4. The van der Waals surface area contributed by atoms with Gasteiger partial charge in [-0.1, -0.05) is 12.1 Å². The van der Waals surface area contributed by atoms with Gasteiger partial charge in [-0.2, -0.15) is 0 Å². The molecule has 2 N–H and O–H groups in total. The van der Waals surface area contributed by atoms with Crippen LogP contribution in [-0.2, 0) is 14.3 Å². The summed E-state index contributed by atoms with van der Waals surface area (Å²) in [4.78, 5) is 50.8. The van der Waals surface area contributed by atoms with E-state index < -0.39 is 18.0 Å². The lowest BCUT2D eigenvalue weighted by Crippen LogP contribution is -2.49. The second kappa shape index (κ2) is 9.19. The van der Waals surface area contributed by atoms with E-state index in [-0.39, 0.29) is 36.1 Å². The molecule has 0 bridgehead atoms. The van der Waals surface area contributed by atoms with Crippen LogP contribution in [-0.4, -0.2) is 62.4 Å². The Morgan fingerprint density at radius 3 is 2.73 bits per heavy atom. The summed E-state index contributed by atoms with van der Waals surface area (Å²) in [5.41, 5.74) is 1.56. The third-order valence-electron chi connectivity index (χ3n) is 5.47. The second-order valence-electron chi connectivity index (χ2n) is 7.57. The molecule has 10 heteroatoms. The molecule has 10 nitrogen and oxygen atoms in total. The molecular formula is C23H23N3O7. The minimum Gasteiger partial charge on any atom is -0.493 e. The van der Waals surface area contributed by atoms with Gasteiger partial charge in [-0.15, -0.1) is 0 Å².